The summed E-state index contributed by atoms with van der Waals surface area (Å²) in [4.78, 5) is 13.1. The zero-order chi connectivity index (χ0) is 21.8. The second-order valence-electron chi connectivity index (χ2n) is 7.90. The van der Waals surface area contributed by atoms with Gasteiger partial charge < -0.3 is 9.88 Å². The lowest BCUT2D eigenvalue weighted by Gasteiger charge is -2.20. The summed E-state index contributed by atoms with van der Waals surface area (Å²) >= 11 is 0. The van der Waals surface area contributed by atoms with Gasteiger partial charge in [0.15, 0.2) is 0 Å². The standard InChI is InChI=1S/C27H27FN2O/c1-3-30-18-25(23-11-7-8-12-26(23)30)24(21-13-15-22(28)16-14-21)17-27(31)29-19(2)20-9-5-4-6-10-20/h4-16,18-19,24H,3,17H2,1-2H3,(H,29,31). The van der Waals surface area contributed by atoms with Crippen molar-refractivity contribution < 1.29 is 9.18 Å². The molecule has 31 heavy (non-hydrogen) atoms. The maximum absolute atomic E-state index is 13.6. The minimum absolute atomic E-state index is 0.0287. The fraction of sp³-hybridized carbons (Fsp3) is 0.222. The molecule has 1 N–H and O–H groups in total. The summed E-state index contributed by atoms with van der Waals surface area (Å²) in [7, 11) is 0. The molecule has 3 aromatic carbocycles. The fourth-order valence-electron chi connectivity index (χ4n) is 4.23. The zero-order valence-electron chi connectivity index (χ0n) is 17.9. The number of fused-ring (bicyclic) bond motifs is 1. The molecule has 4 rings (SSSR count). The number of hydrogen-bond donors (Lipinski definition) is 1. The average Bonchev–Trinajstić information content (AvgIpc) is 3.17. The van der Waals surface area contributed by atoms with Crippen LogP contribution in [-0.2, 0) is 11.3 Å². The van der Waals surface area contributed by atoms with Crippen LogP contribution in [0.15, 0.2) is 85.1 Å². The van der Waals surface area contributed by atoms with Gasteiger partial charge in [0, 0.05) is 36.0 Å². The first-order valence-corrected chi connectivity index (χ1v) is 10.7. The third-order valence-corrected chi connectivity index (χ3v) is 5.87. The van der Waals surface area contributed by atoms with E-state index in [4.69, 9.17) is 0 Å². The number of aryl methyl sites for hydroxylation is 1. The van der Waals surface area contributed by atoms with E-state index in [0.29, 0.717) is 6.42 Å². The van der Waals surface area contributed by atoms with Crippen LogP contribution in [0.4, 0.5) is 4.39 Å². The van der Waals surface area contributed by atoms with E-state index in [2.05, 4.69) is 35.1 Å². The number of halogens is 1. The highest BCUT2D eigenvalue weighted by Crippen LogP contribution is 2.35. The Morgan fingerprint density at radius 3 is 2.32 bits per heavy atom. The largest absolute Gasteiger partial charge is 0.350 e. The van der Waals surface area contributed by atoms with E-state index in [1.807, 2.05) is 49.4 Å². The maximum atomic E-state index is 13.6. The number of nitrogens with one attached hydrogen (secondary N) is 1. The molecule has 4 aromatic rings. The second kappa shape index (κ2) is 9.17. The highest BCUT2D eigenvalue weighted by Gasteiger charge is 2.23. The predicted octanol–water partition coefficient (Wildman–Crippen LogP) is 6.20. The molecule has 0 radical (unpaired) electrons. The van der Waals surface area contributed by atoms with Crippen LogP contribution in [-0.4, -0.2) is 10.5 Å². The minimum Gasteiger partial charge on any atom is -0.350 e. The number of carbonyl (C=O) groups excluding carboxylic acids is 1. The lowest BCUT2D eigenvalue weighted by Crippen LogP contribution is -2.28. The molecule has 0 aliphatic carbocycles. The van der Waals surface area contributed by atoms with Gasteiger partial charge in [-0.25, -0.2) is 4.39 Å². The highest BCUT2D eigenvalue weighted by atomic mass is 19.1. The van der Waals surface area contributed by atoms with Crippen molar-refractivity contribution in [1.29, 1.82) is 0 Å². The molecule has 1 amide bonds. The van der Waals surface area contributed by atoms with Gasteiger partial charge in [0.1, 0.15) is 5.82 Å². The topological polar surface area (TPSA) is 34.0 Å². The lowest BCUT2D eigenvalue weighted by molar-refractivity contribution is -0.121. The van der Waals surface area contributed by atoms with Gasteiger partial charge in [0.05, 0.1) is 6.04 Å². The zero-order valence-corrected chi connectivity index (χ0v) is 17.9. The number of carbonyl (C=O) groups is 1. The van der Waals surface area contributed by atoms with Gasteiger partial charge in [0.2, 0.25) is 5.91 Å². The van der Waals surface area contributed by atoms with Crippen LogP contribution in [0.3, 0.4) is 0 Å². The normalized spacial score (nSPS) is 13.1. The summed E-state index contributed by atoms with van der Waals surface area (Å²) in [5.41, 5.74) is 4.23. The Balaban J connectivity index is 1.68. The molecule has 0 aliphatic heterocycles. The summed E-state index contributed by atoms with van der Waals surface area (Å²) in [5.74, 6) is -0.471. The molecular formula is C27H27FN2O. The molecule has 4 heteroatoms. The molecule has 0 spiro atoms. The van der Waals surface area contributed by atoms with Crippen LogP contribution < -0.4 is 5.32 Å². The van der Waals surface area contributed by atoms with Crippen molar-refractivity contribution in [3.05, 3.63) is 108 Å². The van der Waals surface area contributed by atoms with Crippen molar-refractivity contribution >= 4 is 16.8 Å². The Morgan fingerprint density at radius 2 is 1.61 bits per heavy atom. The highest BCUT2D eigenvalue weighted by molar-refractivity contribution is 5.86. The van der Waals surface area contributed by atoms with Gasteiger partial charge in [-0.15, -0.1) is 0 Å². The molecule has 0 aliphatic rings. The summed E-state index contributed by atoms with van der Waals surface area (Å²) in [6, 6.07) is 24.6. The van der Waals surface area contributed by atoms with E-state index < -0.39 is 0 Å². The van der Waals surface area contributed by atoms with E-state index in [0.717, 1.165) is 34.1 Å². The second-order valence-corrected chi connectivity index (χ2v) is 7.90. The monoisotopic (exact) mass is 414 g/mol. The van der Waals surface area contributed by atoms with E-state index in [1.54, 1.807) is 12.1 Å². The summed E-state index contributed by atoms with van der Waals surface area (Å²) in [5, 5.41) is 4.25. The lowest BCUT2D eigenvalue weighted by atomic mass is 9.88. The first-order valence-electron chi connectivity index (χ1n) is 10.7. The third kappa shape index (κ3) is 4.53. The van der Waals surface area contributed by atoms with Gasteiger partial charge in [-0.3, -0.25) is 4.79 Å². The smallest absolute Gasteiger partial charge is 0.221 e. The van der Waals surface area contributed by atoms with Gasteiger partial charge in [-0.05, 0) is 48.7 Å². The molecule has 158 valence electrons. The number of hydrogen-bond acceptors (Lipinski definition) is 1. The molecule has 0 saturated heterocycles. The van der Waals surface area contributed by atoms with Gasteiger partial charge in [-0.2, -0.15) is 0 Å². The first kappa shape index (κ1) is 20.9. The van der Waals surface area contributed by atoms with Crippen molar-refractivity contribution in [3.8, 4) is 0 Å². The Bertz CT molecular complexity index is 1170. The Labute approximate surface area is 182 Å². The van der Waals surface area contributed by atoms with Crippen LogP contribution in [0.1, 0.15) is 48.9 Å². The van der Waals surface area contributed by atoms with E-state index in [1.165, 1.54) is 12.1 Å². The predicted molar refractivity (Wildman–Crippen MR) is 123 cm³/mol. The Kier molecular flexibility index (Phi) is 6.17. The molecule has 1 heterocycles. The number of nitrogens with zero attached hydrogens (tertiary/aromatic N) is 1. The van der Waals surface area contributed by atoms with Gasteiger partial charge in [0.25, 0.3) is 0 Å². The Morgan fingerprint density at radius 1 is 0.935 bits per heavy atom. The minimum atomic E-state index is -0.277. The summed E-state index contributed by atoms with van der Waals surface area (Å²) in [6.45, 7) is 4.94. The van der Waals surface area contributed by atoms with E-state index >= 15 is 0 Å². The number of benzene rings is 3. The quantitative estimate of drug-likeness (QED) is 0.384. The fourth-order valence-corrected chi connectivity index (χ4v) is 4.23. The van der Waals surface area contributed by atoms with Crippen molar-refractivity contribution in [3.63, 3.8) is 0 Å². The van der Waals surface area contributed by atoms with Crippen molar-refractivity contribution in [2.24, 2.45) is 0 Å². The molecule has 1 aromatic heterocycles. The molecular weight excluding hydrogens is 387 g/mol. The molecule has 2 atom stereocenters. The van der Waals surface area contributed by atoms with Crippen LogP contribution in [0, 0.1) is 5.82 Å². The van der Waals surface area contributed by atoms with Crippen LogP contribution in [0.25, 0.3) is 10.9 Å². The SMILES string of the molecule is CCn1cc(C(CC(=O)NC(C)c2ccccc2)c2ccc(F)cc2)c2ccccc21. The average molecular weight is 415 g/mol. The van der Waals surface area contributed by atoms with Crippen LogP contribution >= 0.6 is 0 Å². The number of aromatic nitrogens is 1. The van der Waals surface area contributed by atoms with Crippen LogP contribution in [0.5, 0.6) is 0 Å². The van der Waals surface area contributed by atoms with Crippen molar-refractivity contribution in [2.75, 3.05) is 0 Å². The van der Waals surface area contributed by atoms with Crippen LogP contribution in [0.2, 0.25) is 0 Å². The van der Waals surface area contributed by atoms with Gasteiger partial charge >= 0.3 is 0 Å². The maximum Gasteiger partial charge on any atom is 0.221 e. The van der Waals surface area contributed by atoms with E-state index in [9.17, 15) is 9.18 Å². The Hall–Kier alpha value is -3.40. The molecule has 0 fully saturated rings. The van der Waals surface area contributed by atoms with E-state index in [-0.39, 0.29) is 23.7 Å². The molecule has 0 saturated carbocycles. The van der Waals surface area contributed by atoms with Crippen molar-refractivity contribution in [2.45, 2.75) is 38.8 Å². The molecule has 2 unspecified atom stereocenters. The first-order chi connectivity index (χ1) is 15.1. The molecule has 0 bridgehead atoms. The summed E-state index contributed by atoms with van der Waals surface area (Å²) < 4.78 is 15.8. The number of amides is 1. The van der Waals surface area contributed by atoms with Gasteiger partial charge in [-0.1, -0.05) is 60.7 Å². The number of para-hydroxylation sites is 1. The molecule has 3 nitrogen and oxygen atoms in total. The third-order valence-electron chi connectivity index (χ3n) is 5.87. The number of rotatable bonds is 7. The van der Waals surface area contributed by atoms with Crippen molar-refractivity contribution in [1.82, 2.24) is 9.88 Å². The summed E-state index contributed by atoms with van der Waals surface area (Å²) in [6.07, 6.45) is 2.42.